The number of nitrogens with zero attached hydrogens (tertiary/aromatic N) is 1. The fourth-order valence-corrected chi connectivity index (χ4v) is 5.01. The Kier molecular flexibility index (Phi) is 8.65. The Morgan fingerprint density at radius 2 is 1.72 bits per heavy atom. The molecule has 0 radical (unpaired) electrons. The van der Waals surface area contributed by atoms with Gasteiger partial charge in [-0.05, 0) is 43.7 Å². The third-order valence-corrected chi connectivity index (χ3v) is 6.91. The van der Waals surface area contributed by atoms with Gasteiger partial charge in [-0.2, -0.15) is 0 Å². The number of anilines is 1. The van der Waals surface area contributed by atoms with Crippen LogP contribution in [-0.2, 0) is 31.0 Å². The lowest BCUT2D eigenvalue weighted by atomic mass is 10.1. The Bertz CT molecular complexity index is 1060. The quantitative estimate of drug-likeness (QED) is 0.325. The minimum Gasteiger partial charge on any atom is -0.448 e. The lowest BCUT2D eigenvalue weighted by molar-refractivity contribution is -0.116. The second kappa shape index (κ2) is 11.4. The van der Waals surface area contributed by atoms with Crippen LogP contribution >= 0.6 is 19.2 Å². The number of halogens is 1. The zero-order valence-electron chi connectivity index (χ0n) is 18.0. The van der Waals surface area contributed by atoms with Gasteiger partial charge in [-0.1, -0.05) is 35.9 Å². The molecule has 3 aromatic rings. The van der Waals surface area contributed by atoms with Crippen molar-refractivity contribution in [3.63, 3.8) is 0 Å². The molecule has 1 amide bonds. The highest BCUT2D eigenvalue weighted by atomic mass is 35.5. The van der Waals surface area contributed by atoms with Gasteiger partial charge >= 0.3 is 7.60 Å². The van der Waals surface area contributed by atoms with Crippen LogP contribution in [0.1, 0.15) is 31.6 Å². The Labute approximate surface area is 192 Å². The van der Waals surface area contributed by atoms with Crippen LogP contribution in [0.5, 0.6) is 0 Å². The number of hydrogen-bond acceptors (Lipinski definition) is 6. The number of aromatic nitrogens is 1. The smallest absolute Gasteiger partial charge is 0.335 e. The molecule has 1 heterocycles. The van der Waals surface area contributed by atoms with E-state index >= 15 is 0 Å². The highest BCUT2D eigenvalue weighted by Crippen LogP contribution is 2.51. The lowest BCUT2D eigenvalue weighted by Gasteiger charge is -2.17. The van der Waals surface area contributed by atoms with E-state index in [9.17, 15) is 9.36 Å². The number of nitrogens with one attached hydrogen (secondary N) is 1. The van der Waals surface area contributed by atoms with Crippen LogP contribution in [0.15, 0.2) is 59.3 Å². The van der Waals surface area contributed by atoms with Crippen LogP contribution in [0.25, 0.3) is 11.3 Å². The molecule has 0 aliphatic rings. The normalized spacial score (nSPS) is 11.5. The van der Waals surface area contributed by atoms with Gasteiger partial charge in [0.2, 0.25) is 5.91 Å². The summed E-state index contributed by atoms with van der Waals surface area (Å²) in [5.74, 6) is 0.492. The van der Waals surface area contributed by atoms with E-state index in [1.807, 2.05) is 12.1 Å². The summed E-state index contributed by atoms with van der Waals surface area (Å²) in [6, 6.07) is 14.4. The van der Waals surface area contributed by atoms with Crippen LogP contribution in [0.2, 0.25) is 5.02 Å². The maximum Gasteiger partial charge on any atom is 0.335 e. The molecule has 0 aliphatic carbocycles. The summed E-state index contributed by atoms with van der Waals surface area (Å²) in [4.78, 5) is 16.7. The van der Waals surface area contributed by atoms with Gasteiger partial charge in [0, 0.05) is 29.1 Å². The zero-order chi connectivity index (χ0) is 23.0. The molecule has 0 fully saturated rings. The van der Waals surface area contributed by atoms with Crippen molar-refractivity contribution < 1.29 is 22.8 Å². The average Bonchev–Trinajstić information content (AvgIpc) is 3.23. The molecule has 0 atom stereocenters. The number of benzene rings is 2. The third-order valence-electron chi connectivity index (χ3n) is 4.60. The Balaban J connectivity index is 1.55. The van der Waals surface area contributed by atoms with E-state index in [4.69, 9.17) is 25.1 Å². The fourth-order valence-electron chi connectivity index (χ4n) is 3.18. The molecule has 9 heteroatoms. The van der Waals surface area contributed by atoms with E-state index in [2.05, 4.69) is 10.3 Å². The number of hydrogen-bond donors (Lipinski definition) is 1. The topological polar surface area (TPSA) is 90.7 Å². The molecule has 3 rings (SSSR count). The van der Waals surface area contributed by atoms with Crippen molar-refractivity contribution in [2.24, 2.45) is 0 Å². The van der Waals surface area contributed by atoms with Gasteiger partial charge in [-0.15, -0.1) is 0 Å². The molecule has 0 saturated carbocycles. The maximum atomic E-state index is 12.7. The molecule has 0 aliphatic heterocycles. The van der Waals surface area contributed by atoms with Gasteiger partial charge < -0.3 is 18.8 Å². The van der Waals surface area contributed by atoms with Gasteiger partial charge in [0.25, 0.3) is 0 Å². The number of carbonyl (C=O) groups excluding carboxylic acids is 1. The third kappa shape index (κ3) is 6.78. The molecule has 0 bridgehead atoms. The summed E-state index contributed by atoms with van der Waals surface area (Å²) < 4.78 is 28.8. The molecule has 0 saturated heterocycles. The molecule has 170 valence electrons. The summed E-state index contributed by atoms with van der Waals surface area (Å²) >= 11 is 5.94. The van der Waals surface area contributed by atoms with Crippen molar-refractivity contribution in [3.05, 3.63) is 71.3 Å². The Hall–Kier alpha value is -2.44. The predicted molar refractivity (Wildman–Crippen MR) is 125 cm³/mol. The van der Waals surface area contributed by atoms with Crippen molar-refractivity contribution in [2.75, 3.05) is 18.5 Å². The number of aryl methyl sites for hydroxylation is 1. The lowest BCUT2D eigenvalue weighted by Crippen LogP contribution is -2.12. The first-order valence-corrected chi connectivity index (χ1v) is 12.5. The first kappa shape index (κ1) is 24.2. The average molecular weight is 477 g/mol. The van der Waals surface area contributed by atoms with E-state index < -0.39 is 7.60 Å². The molecule has 0 unspecified atom stereocenters. The molecule has 1 N–H and O–H groups in total. The van der Waals surface area contributed by atoms with Gasteiger partial charge in [-0.25, -0.2) is 4.98 Å². The summed E-state index contributed by atoms with van der Waals surface area (Å²) in [5, 5.41) is 3.50. The molecule has 2 aromatic carbocycles. The highest BCUT2D eigenvalue weighted by Gasteiger charge is 2.24. The van der Waals surface area contributed by atoms with Crippen molar-refractivity contribution >= 4 is 30.8 Å². The van der Waals surface area contributed by atoms with E-state index in [-0.39, 0.29) is 18.5 Å². The van der Waals surface area contributed by atoms with Crippen LogP contribution in [0.3, 0.4) is 0 Å². The second-order valence-corrected chi connectivity index (χ2v) is 9.47. The summed E-state index contributed by atoms with van der Waals surface area (Å²) in [6.07, 6.45) is 2.20. The molecule has 7 nitrogen and oxygen atoms in total. The summed E-state index contributed by atoms with van der Waals surface area (Å²) in [7, 11) is -3.17. The molecule has 32 heavy (non-hydrogen) atoms. The van der Waals surface area contributed by atoms with Crippen molar-refractivity contribution in [1.29, 1.82) is 0 Å². The van der Waals surface area contributed by atoms with Gasteiger partial charge in [0.1, 0.15) is 11.5 Å². The van der Waals surface area contributed by atoms with Crippen molar-refractivity contribution in [3.8, 4) is 11.3 Å². The van der Waals surface area contributed by atoms with E-state index in [0.29, 0.717) is 41.8 Å². The Morgan fingerprint density at radius 1 is 1.06 bits per heavy atom. The molecular formula is C23H26ClN2O5P. The first-order chi connectivity index (χ1) is 15.4. The second-order valence-electron chi connectivity index (χ2n) is 6.98. The first-order valence-electron chi connectivity index (χ1n) is 10.4. The standard InChI is InChI=1S/C23H26ClN2O5P/c1-3-30-32(28,31-4-2)15-17-5-11-20(12-6-17)26-22(27)14-13-21-23(25-16-29-21)18-7-9-19(24)10-8-18/h5-12,16H,3-4,13-15H2,1-2H3,(H,26,27). The number of oxazole rings is 1. The summed E-state index contributed by atoms with van der Waals surface area (Å²) in [5.41, 5.74) is 3.04. The largest absolute Gasteiger partial charge is 0.448 e. The SMILES string of the molecule is CCOP(=O)(Cc1ccc(NC(=O)CCc2ocnc2-c2ccc(Cl)cc2)cc1)OCC. The molecule has 1 aromatic heterocycles. The maximum absolute atomic E-state index is 12.7. The number of rotatable bonds is 11. The summed E-state index contributed by atoms with van der Waals surface area (Å²) in [6.45, 7) is 4.19. The van der Waals surface area contributed by atoms with Gasteiger partial charge in [0.15, 0.2) is 6.39 Å². The van der Waals surface area contributed by atoms with Gasteiger partial charge in [0.05, 0.1) is 19.4 Å². The molecule has 0 spiro atoms. The zero-order valence-corrected chi connectivity index (χ0v) is 19.7. The van der Waals surface area contributed by atoms with Crippen LogP contribution < -0.4 is 5.32 Å². The van der Waals surface area contributed by atoms with E-state index in [1.54, 1.807) is 50.2 Å². The monoisotopic (exact) mass is 476 g/mol. The predicted octanol–water partition coefficient (Wildman–Crippen LogP) is 6.33. The minimum absolute atomic E-state index is 0.148. The highest BCUT2D eigenvalue weighted by molar-refractivity contribution is 7.53. The van der Waals surface area contributed by atoms with E-state index in [0.717, 1.165) is 11.1 Å². The Morgan fingerprint density at radius 3 is 2.34 bits per heavy atom. The van der Waals surface area contributed by atoms with Crippen molar-refractivity contribution in [2.45, 2.75) is 32.9 Å². The van der Waals surface area contributed by atoms with Crippen LogP contribution in [0.4, 0.5) is 5.69 Å². The fraction of sp³-hybridized carbons (Fsp3) is 0.304. The minimum atomic E-state index is -3.17. The number of amides is 1. The van der Waals surface area contributed by atoms with Crippen molar-refractivity contribution in [1.82, 2.24) is 4.98 Å². The van der Waals surface area contributed by atoms with Crippen LogP contribution in [-0.4, -0.2) is 24.1 Å². The molecular weight excluding hydrogens is 451 g/mol. The van der Waals surface area contributed by atoms with E-state index in [1.165, 1.54) is 6.39 Å². The van der Waals surface area contributed by atoms with Crippen LogP contribution in [0, 0.1) is 0 Å². The number of carbonyl (C=O) groups is 1. The van der Waals surface area contributed by atoms with Gasteiger partial charge in [-0.3, -0.25) is 9.36 Å².